The molecular formula is C23H28N2O5. The number of hydrogen-bond acceptors (Lipinski definition) is 5. The van der Waals surface area contributed by atoms with Gasteiger partial charge in [0.05, 0.1) is 11.3 Å². The lowest BCUT2D eigenvalue weighted by Crippen LogP contribution is -2.26. The summed E-state index contributed by atoms with van der Waals surface area (Å²) in [5, 5.41) is 0. The monoisotopic (exact) mass is 412 g/mol. The second kappa shape index (κ2) is 9.71. The van der Waals surface area contributed by atoms with Gasteiger partial charge < -0.3 is 18.9 Å². The lowest BCUT2D eigenvalue weighted by atomic mass is 10.1. The summed E-state index contributed by atoms with van der Waals surface area (Å²) in [6.45, 7) is 5.49. The van der Waals surface area contributed by atoms with Crippen molar-refractivity contribution in [3.63, 3.8) is 0 Å². The molecule has 1 aromatic carbocycles. The van der Waals surface area contributed by atoms with Gasteiger partial charge in [-0.15, -0.1) is 0 Å². The lowest BCUT2D eigenvalue weighted by molar-refractivity contribution is -0.117. The molecule has 0 atom stereocenters. The van der Waals surface area contributed by atoms with Crippen molar-refractivity contribution in [1.29, 1.82) is 0 Å². The Labute approximate surface area is 176 Å². The van der Waals surface area contributed by atoms with Crippen LogP contribution in [-0.2, 0) is 20.8 Å². The third kappa shape index (κ3) is 4.62. The van der Waals surface area contributed by atoms with E-state index in [1.54, 1.807) is 36.3 Å². The van der Waals surface area contributed by atoms with Crippen LogP contribution >= 0.6 is 0 Å². The third-order valence-corrected chi connectivity index (χ3v) is 5.43. The number of esters is 1. The van der Waals surface area contributed by atoms with Gasteiger partial charge in [-0.25, -0.2) is 4.79 Å². The highest BCUT2D eigenvalue weighted by Crippen LogP contribution is 2.26. The Kier molecular flexibility index (Phi) is 7.05. The Morgan fingerprint density at radius 3 is 2.60 bits per heavy atom. The summed E-state index contributed by atoms with van der Waals surface area (Å²) in [6, 6.07) is 8.68. The molecule has 1 amide bonds. The maximum absolute atomic E-state index is 12.7. The van der Waals surface area contributed by atoms with Crippen LogP contribution in [0, 0.1) is 13.8 Å². The van der Waals surface area contributed by atoms with Gasteiger partial charge in [0.2, 0.25) is 11.7 Å². The number of aromatic nitrogens is 1. The highest BCUT2D eigenvalue weighted by Gasteiger charge is 2.26. The van der Waals surface area contributed by atoms with E-state index in [1.807, 2.05) is 19.9 Å². The van der Waals surface area contributed by atoms with E-state index in [-0.39, 0.29) is 18.3 Å². The maximum Gasteiger partial charge on any atom is 0.340 e. The topological polar surface area (TPSA) is 77.8 Å². The second-order valence-electron chi connectivity index (χ2n) is 7.45. The number of aryl methyl sites for hydroxylation is 1. The van der Waals surface area contributed by atoms with Crippen LogP contribution in [0.15, 0.2) is 30.3 Å². The van der Waals surface area contributed by atoms with E-state index in [2.05, 4.69) is 4.57 Å². The fraction of sp³-hybridized carbons (Fsp3) is 0.435. The van der Waals surface area contributed by atoms with Crippen LogP contribution in [0.25, 0.3) is 0 Å². The van der Waals surface area contributed by atoms with Crippen LogP contribution in [0.5, 0.6) is 0 Å². The number of benzene rings is 1. The number of anilines is 1. The molecule has 7 nitrogen and oxygen atoms in total. The maximum atomic E-state index is 12.7. The van der Waals surface area contributed by atoms with Gasteiger partial charge in [0.1, 0.15) is 0 Å². The van der Waals surface area contributed by atoms with E-state index in [0.29, 0.717) is 36.4 Å². The van der Waals surface area contributed by atoms with Gasteiger partial charge in [0, 0.05) is 50.2 Å². The van der Waals surface area contributed by atoms with Gasteiger partial charge in [-0.3, -0.25) is 9.59 Å². The summed E-state index contributed by atoms with van der Waals surface area (Å²) in [6.07, 6.45) is 2.09. The number of hydrogen-bond donors (Lipinski definition) is 0. The Hall–Kier alpha value is -2.93. The number of amides is 1. The van der Waals surface area contributed by atoms with Crippen molar-refractivity contribution in [1.82, 2.24) is 4.57 Å². The molecule has 7 heteroatoms. The molecule has 2 aromatic rings. The Morgan fingerprint density at radius 1 is 1.13 bits per heavy atom. The van der Waals surface area contributed by atoms with Crippen LogP contribution in [0.1, 0.15) is 51.4 Å². The summed E-state index contributed by atoms with van der Waals surface area (Å²) in [7, 11) is 1.66. The molecule has 0 spiro atoms. The first-order valence-electron chi connectivity index (χ1n) is 10.2. The number of rotatable bonds is 9. The van der Waals surface area contributed by atoms with Crippen molar-refractivity contribution in [3.05, 3.63) is 52.8 Å². The van der Waals surface area contributed by atoms with Gasteiger partial charge in [-0.05, 0) is 44.9 Å². The highest BCUT2D eigenvalue weighted by molar-refractivity contribution is 6.05. The van der Waals surface area contributed by atoms with Gasteiger partial charge in [0.15, 0.2) is 6.61 Å². The first-order chi connectivity index (χ1) is 14.4. The van der Waals surface area contributed by atoms with E-state index in [9.17, 15) is 14.4 Å². The molecule has 2 heterocycles. The number of methoxy groups -OCH3 is 1. The molecule has 1 aromatic heterocycles. The molecule has 1 fully saturated rings. The van der Waals surface area contributed by atoms with Gasteiger partial charge in [-0.1, -0.05) is 12.1 Å². The van der Waals surface area contributed by atoms with Gasteiger partial charge in [-0.2, -0.15) is 0 Å². The van der Waals surface area contributed by atoms with Crippen molar-refractivity contribution in [3.8, 4) is 0 Å². The molecule has 0 radical (unpaired) electrons. The molecule has 0 aliphatic carbocycles. The van der Waals surface area contributed by atoms with Crippen LogP contribution in [-0.4, -0.2) is 49.1 Å². The number of ether oxygens (including phenoxy) is 2. The zero-order valence-electron chi connectivity index (χ0n) is 17.8. The minimum absolute atomic E-state index is 0.00719. The highest BCUT2D eigenvalue weighted by atomic mass is 16.5. The van der Waals surface area contributed by atoms with Crippen molar-refractivity contribution < 1.29 is 23.9 Å². The van der Waals surface area contributed by atoms with Gasteiger partial charge >= 0.3 is 5.97 Å². The largest absolute Gasteiger partial charge is 0.454 e. The van der Waals surface area contributed by atoms with Crippen molar-refractivity contribution in [2.45, 2.75) is 39.7 Å². The molecule has 1 aliphatic rings. The lowest BCUT2D eigenvalue weighted by Gasteiger charge is -2.18. The minimum atomic E-state index is -0.604. The smallest absolute Gasteiger partial charge is 0.340 e. The number of nitrogens with zero attached hydrogens (tertiary/aromatic N) is 2. The first kappa shape index (κ1) is 21.8. The van der Waals surface area contributed by atoms with E-state index < -0.39 is 5.97 Å². The number of Topliss-reactive ketones (excluding diaryl/α,β-unsaturated/α-hetero) is 1. The second-order valence-corrected chi connectivity index (χ2v) is 7.45. The molecular weight excluding hydrogens is 384 g/mol. The summed E-state index contributed by atoms with van der Waals surface area (Å²) < 4.78 is 12.5. The molecule has 3 rings (SSSR count). The van der Waals surface area contributed by atoms with E-state index in [1.165, 1.54) is 0 Å². The SMILES string of the molecule is COCCCn1c(C)cc(C(=O)COC(=O)c2ccccc2N2CCCC2=O)c1C. The Balaban J connectivity index is 1.68. The summed E-state index contributed by atoms with van der Waals surface area (Å²) in [5.41, 5.74) is 3.23. The summed E-state index contributed by atoms with van der Waals surface area (Å²) >= 11 is 0. The van der Waals surface area contributed by atoms with Crippen LogP contribution in [0.3, 0.4) is 0 Å². The molecule has 0 bridgehead atoms. The average molecular weight is 412 g/mol. The number of para-hydroxylation sites is 1. The molecule has 160 valence electrons. The predicted octanol–water partition coefficient (Wildman–Crippen LogP) is 3.31. The quantitative estimate of drug-likeness (QED) is 0.359. The molecule has 1 saturated heterocycles. The molecule has 0 unspecified atom stereocenters. The normalized spacial score (nSPS) is 13.7. The minimum Gasteiger partial charge on any atom is -0.454 e. The molecule has 1 aliphatic heterocycles. The summed E-state index contributed by atoms with van der Waals surface area (Å²) in [5.74, 6) is -0.857. The van der Waals surface area contributed by atoms with E-state index >= 15 is 0 Å². The Bertz CT molecular complexity index is 947. The first-order valence-corrected chi connectivity index (χ1v) is 10.2. The summed E-state index contributed by atoms with van der Waals surface area (Å²) in [4.78, 5) is 39.1. The molecule has 0 N–H and O–H groups in total. The van der Waals surface area contributed by atoms with Crippen molar-refractivity contribution >= 4 is 23.3 Å². The fourth-order valence-corrected chi connectivity index (χ4v) is 3.87. The van der Waals surface area contributed by atoms with E-state index in [0.717, 1.165) is 30.8 Å². The van der Waals surface area contributed by atoms with Crippen LogP contribution in [0.4, 0.5) is 5.69 Å². The zero-order chi connectivity index (χ0) is 21.7. The predicted molar refractivity (Wildman–Crippen MR) is 113 cm³/mol. The van der Waals surface area contributed by atoms with E-state index in [4.69, 9.17) is 9.47 Å². The molecule has 0 saturated carbocycles. The standard InChI is InChI=1S/C23H28N2O5/c1-16-14-19(17(2)24(16)12-7-13-29-3)21(26)15-30-23(28)18-8-4-5-9-20(18)25-11-6-10-22(25)27/h4-5,8-9,14H,6-7,10-13,15H2,1-3H3. The van der Waals surface area contributed by atoms with Crippen LogP contribution in [0.2, 0.25) is 0 Å². The zero-order valence-corrected chi connectivity index (χ0v) is 17.8. The third-order valence-electron chi connectivity index (χ3n) is 5.43. The fourth-order valence-electron chi connectivity index (χ4n) is 3.87. The number of carbonyl (C=O) groups excluding carboxylic acids is 3. The molecule has 30 heavy (non-hydrogen) atoms. The number of ketones is 1. The van der Waals surface area contributed by atoms with Crippen molar-refractivity contribution in [2.24, 2.45) is 0 Å². The van der Waals surface area contributed by atoms with Crippen molar-refractivity contribution in [2.75, 3.05) is 31.8 Å². The van der Waals surface area contributed by atoms with Crippen LogP contribution < -0.4 is 4.90 Å². The average Bonchev–Trinajstić information content (AvgIpc) is 3.29. The van der Waals surface area contributed by atoms with Gasteiger partial charge in [0.25, 0.3) is 0 Å². The number of carbonyl (C=O) groups is 3. The Morgan fingerprint density at radius 2 is 1.90 bits per heavy atom.